The van der Waals surface area contributed by atoms with Gasteiger partial charge in [0.2, 0.25) is 0 Å². The van der Waals surface area contributed by atoms with E-state index in [4.69, 9.17) is 13.6 Å². The molecular weight excluding hydrogens is 756 g/mol. The first-order valence-electron chi connectivity index (χ1n) is 15.8. The van der Waals surface area contributed by atoms with Crippen LogP contribution in [0.15, 0.2) is 0 Å². The number of unbranched alkanes of at least 4 members (excludes halogenated alkanes) is 9. The van der Waals surface area contributed by atoms with Crippen molar-refractivity contribution in [2.45, 2.75) is 175 Å². The van der Waals surface area contributed by atoms with Crippen LogP contribution in [-0.2, 0) is 27.3 Å². The van der Waals surface area contributed by atoms with Crippen LogP contribution >= 0.6 is 22.8 Å². The second-order valence-electron chi connectivity index (χ2n) is 13.3. The maximum atomic E-state index is 10.9. The molecule has 0 aromatic heterocycles. The molecule has 0 aliphatic heterocycles. The van der Waals surface area contributed by atoms with E-state index in [0.29, 0.717) is 0 Å². The molecule has 0 aliphatic rings. The Morgan fingerprint density at radius 3 is 0.767 bits per heavy atom. The van der Waals surface area contributed by atoms with Gasteiger partial charge < -0.3 is 41.9 Å². The molecule has 0 heterocycles. The number of hydrogen-bond donors (Lipinski definition) is 0. The molecule has 0 bridgehead atoms. The van der Waals surface area contributed by atoms with Gasteiger partial charge in [-0.2, -0.15) is 0 Å². The molecule has 0 rings (SSSR count). The van der Waals surface area contributed by atoms with E-state index in [1.54, 1.807) is 0 Å². The van der Waals surface area contributed by atoms with Crippen molar-refractivity contribution in [2.24, 2.45) is 0 Å². The zero-order valence-electron chi connectivity index (χ0n) is 29.5. The maximum Gasteiger partial charge on any atom is 3.00 e. The van der Waals surface area contributed by atoms with E-state index >= 15 is 0 Å². The maximum absolute atomic E-state index is 10.9. The van der Waals surface area contributed by atoms with E-state index in [-0.39, 0.29) is 38.6 Å². The Bertz CT molecular complexity index is 698. The van der Waals surface area contributed by atoms with Gasteiger partial charge in [0.25, 0.3) is 0 Å². The van der Waals surface area contributed by atoms with Gasteiger partial charge in [-0.3, -0.25) is 0 Å². The first-order valence-corrected chi connectivity index (χ1v) is 21.7. The molecule has 264 valence electrons. The van der Waals surface area contributed by atoms with Gasteiger partial charge in [0.1, 0.15) is 22.8 Å². The molecule has 0 saturated carbocycles. The fraction of sp³-hybridized carbons (Fsp3) is 1.00. The van der Waals surface area contributed by atoms with Crippen LogP contribution in [0.2, 0.25) is 0 Å². The molecule has 9 nitrogen and oxygen atoms in total. The molecule has 0 radical (unpaired) electrons. The summed E-state index contributed by atoms with van der Waals surface area (Å²) < 4.78 is 47.8. The second kappa shape index (κ2) is 25.7. The van der Waals surface area contributed by atoms with Gasteiger partial charge in [0, 0.05) is 20.0 Å². The summed E-state index contributed by atoms with van der Waals surface area (Å²) in [7, 11) is -10.8. The summed E-state index contributed by atoms with van der Waals surface area (Å²) in [6.07, 6.45) is 16.1. The van der Waals surface area contributed by atoms with Crippen molar-refractivity contribution in [1.82, 2.24) is 0 Å². The fourth-order valence-electron chi connectivity index (χ4n) is 4.42. The van der Waals surface area contributed by atoms with Crippen LogP contribution in [-0.4, -0.2) is 36.8 Å². The van der Waals surface area contributed by atoms with Crippen molar-refractivity contribution in [3.8, 4) is 0 Å². The summed E-state index contributed by atoms with van der Waals surface area (Å²) >= 11 is 0. The predicted octanol–water partition coefficient (Wildman–Crippen LogP) is 8.81. The van der Waals surface area contributed by atoms with E-state index in [1.165, 1.54) is 38.5 Å². The van der Waals surface area contributed by atoms with E-state index in [1.807, 2.05) is 41.5 Å². The standard InChI is InChI=1S/3C10H23O3P.Tb/c3*1-5-6-7-8-9-10(2,3)13-14(4,11)12;/h3*5-9H2,1-4H3,(H,11,12);/q;;;+3/p-3. The number of hydrogen-bond acceptors (Lipinski definition) is 9. The third-order valence-corrected chi connectivity index (χ3v) is 8.61. The minimum atomic E-state index is -3.59. The van der Waals surface area contributed by atoms with Crippen LogP contribution < -0.4 is 14.7 Å². The van der Waals surface area contributed by atoms with E-state index in [9.17, 15) is 28.4 Å². The molecule has 43 heavy (non-hydrogen) atoms. The molecule has 0 spiro atoms. The first-order chi connectivity index (χ1) is 18.8. The molecule has 0 aliphatic carbocycles. The first kappa shape index (κ1) is 51.6. The Hall–Kier alpha value is 1.74. The van der Waals surface area contributed by atoms with Crippen molar-refractivity contribution >= 4 is 22.8 Å². The minimum absolute atomic E-state index is 0. The van der Waals surface area contributed by atoms with Crippen molar-refractivity contribution in [1.29, 1.82) is 0 Å². The monoisotopic (exact) mass is 822 g/mol. The normalized spacial score (nSPS) is 16.3. The van der Waals surface area contributed by atoms with E-state index < -0.39 is 39.6 Å². The van der Waals surface area contributed by atoms with Gasteiger partial charge >= 0.3 is 38.6 Å². The van der Waals surface area contributed by atoms with Crippen molar-refractivity contribution < 1.29 is 80.6 Å². The van der Waals surface area contributed by atoms with Crippen LogP contribution in [0.4, 0.5) is 0 Å². The Labute approximate surface area is 296 Å². The average molecular weight is 823 g/mol. The summed E-state index contributed by atoms with van der Waals surface area (Å²) in [5.41, 5.74) is -1.63. The Morgan fingerprint density at radius 2 is 0.628 bits per heavy atom. The largest absolute Gasteiger partial charge is 3.00 e. The Kier molecular flexibility index (Phi) is 30.8. The molecule has 13 heteroatoms. The third kappa shape index (κ3) is 45.9. The van der Waals surface area contributed by atoms with Crippen LogP contribution in [0.1, 0.15) is 159 Å². The van der Waals surface area contributed by atoms with Gasteiger partial charge in [-0.15, -0.1) is 0 Å². The molecular formula is C30H66O9P3Tb. The van der Waals surface area contributed by atoms with Crippen LogP contribution in [0, 0.1) is 38.6 Å². The average Bonchev–Trinajstić information content (AvgIpc) is 2.73. The van der Waals surface area contributed by atoms with E-state index in [0.717, 1.165) is 77.8 Å². The fourth-order valence-corrected chi connectivity index (χ4v) is 7.38. The molecule has 0 N–H and O–H groups in total. The zero-order chi connectivity index (χ0) is 33.7. The van der Waals surface area contributed by atoms with Crippen LogP contribution in [0.3, 0.4) is 0 Å². The van der Waals surface area contributed by atoms with Gasteiger partial charge in [0.15, 0.2) is 0 Å². The molecule has 3 atom stereocenters. The summed E-state index contributed by atoms with van der Waals surface area (Å²) in [4.78, 5) is 32.8. The minimum Gasteiger partial charge on any atom is -0.779 e. The Morgan fingerprint density at radius 1 is 0.442 bits per heavy atom. The smallest absolute Gasteiger partial charge is 0.779 e. The third-order valence-electron chi connectivity index (χ3n) is 6.14. The number of rotatable bonds is 21. The van der Waals surface area contributed by atoms with Crippen molar-refractivity contribution in [3.05, 3.63) is 0 Å². The molecule has 0 saturated heterocycles. The quantitative estimate of drug-likeness (QED) is 0.0818. The van der Waals surface area contributed by atoms with Crippen molar-refractivity contribution in [3.63, 3.8) is 0 Å². The summed E-state index contributed by atoms with van der Waals surface area (Å²) in [6, 6.07) is 0. The summed E-state index contributed by atoms with van der Waals surface area (Å²) in [6.45, 7) is 20.8. The molecule has 0 amide bonds. The van der Waals surface area contributed by atoms with Gasteiger partial charge in [-0.05, 0) is 60.8 Å². The van der Waals surface area contributed by atoms with Crippen LogP contribution in [0.5, 0.6) is 0 Å². The van der Waals surface area contributed by atoms with Crippen LogP contribution in [0.25, 0.3) is 0 Å². The molecule has 3 unspecified atom stereocenters. The van der Waals surface area contributed by atoms with Crippen molar-refractivity contribution in [2.75, 3.05) is 20.0 Å². The molecule has 0 fully saturated rings. The predicted molar refractivity (Wildman–Crippen MR) is 172 cm³/mol. The summed E-state index contributed by atoms with van der Waals surface area (Å²) in [5, 5.41) is 0. The topological polar surface area (TPSA) is 148 Å². The van der Waals surface area contributed by atoms with Gasteiger partial charge in [-0.25, -0.2) is 0 Å². The summed E-state index contributed by atoms with van der Waals surface area (Å²) in [5.74, 6) is 0. The molecule has 0 aromatic rings. The Balaban J connectivity index is -0.000000262. The van der Waals surface area contributed by atoms with Gasteiger partial charge in [0.05, 0.1) is 16.8 Å². The molecule has 0 aromatic carbocycles. The zero-order valence-corrected chi connectivity index (χ0v) is 34.3. The van der Waals surface area contributed by atoms with Gasteiger partial charge in [-0.1, -0.05) is 97.8 Å². The van der Waals surface area contributed by atoms with E-state index in [2.05, 4.69) is 20.8 Å². The SMILES string of the molecule is CCCCCCC(C)(C)OP(C)(=O)[O-].CCCCCCC(C)(C)OP(C)(=O)[O-].CCCCCCC(C)(C)OP(C)(=O)[O-].[Tb+3]. The second-order valence-corrected chi connectivity index (χ2v) is 18.5.